The van der Waals surface area contributed by atoms with Crippen molar-refractivity contribution in [2.75, 3.05) is 20.8 Å². The lowest BCUT2D eigenvalue weighted by atomic mass is 10.2. The number of benzene rings is 1. The molecule has 90 valence electrons. The van der Waals surface area contributed by atoms with E-state index in [4.69, 9.17) is 9.47 Å². The molecule has 0 spiro atoms. The van der Waals surface area contributed by atoms with Gasteiger partial charge < -0.3 is 14.8 Å². The van der Waals surface area contributed by atoms with Crippen molar-refractivity contribution in [3.05, 3.63) is 29.8 Å². The van der Waals surface area contributed by atoms with Crippen LogP contribution < -0.4 is 10.1 Å². The third-order valence-corrected chi connectivity index (χ3v) is 2.61. The maximum absolute atomic E-state index is 5.14. The van der Waals surface area contributed by atoms with Gasteiger partial charge in [-0.3, -0.25) is 0 Å². The van der Waals surface area contributed by atoms with Crippen molar-refractivity contribution in [2.24, 2.45) is 0 Å². The first-order chi connectivity index (χ1) is 7.80. The van der Waals surface area contributed by atoms with Crippen LogP contribution in [0.25, 0.3) is 0 Å². The van der Waals surface area contributed by atoms with Gasteiger partial charge in [0.05, 0.1) is 13.7 Å². The Bertz CT molecular complexity index is 284. The molecule has 0 heterocycles. The van der Waals surface area contributed by atoms with E-state index in [-0.39, 0.29) is 0 Å². The maximum Gasteiger partial charge on any atom is 0.118 e. The Hall–Kier alpha value is -1.06. The summed E-state index contributed by atoms with van der Waals surface area (Å²) >= 11 is 0. The summed E-state index contributed by atoms with van der Waals surface area (Å²) in [6, 6.07) is 8.53. The zero-order chi connectivity index (χ0) is 11.8. The van der Waals surface area contributed by atoms with Crippen LogP contribution in [0, 0.1) is 0 Å². The van der Waals surface area contributed by atoms with Gasteiger partial charge >= 0.3 is 0 Å². The number of ether oxygens (including phenoxy) is 2. The number of hydrogen-bond donors (Lipinski definition) is 1. The molecule has 0 saturated carbocycles. The summed E-state index contributed by atoms with van der Waals surface area (Å²) < 4.78 is 10.3. The van der Waals surface area contributed by atoms with Gasteiger partial charge in [0, 0.05) is 19.7 Å². The van der Waals surface area contributed by atoms with Crippen molar-refractivity contribution in [3.63, 3.8) is 0 Å². The van der Waals surface area contributed by atoms with Crippen LogP contribution in [-0.4, -0.2) is 26.9 Å². The van der Waals surface area contributed by atoms with Crippen LogP contribution in [-0.2, 0) is 11.3 Å². The van der Waals surface area contributed by atoms with Crippen LogP contribution in [0.1, 0.15) is 18.9 Å². The first-order valence-electron chi connectivity index (χ1n) is 5.65. The van der Waals surface area contributed by atoms with E-state index < -0.39 is 0 Å². The van der Waals surface area contributed by atoms with Crippen LogP contribution in [0.5, 0.6) is 5.75 Å². The summed E-state index contributed by atoms with van der Waals surface area (Å²) in [6.07, 6.45) is 1.07. The predicted molar refractivity (Wildman–Crippen MR) is 65.8 cm³/mol. The molecule has 1 unspecified atom stereocenters. The van der Waals surface area contributed by atoms with Gasteiger partial charge in [0.15, 0.2) is 0 Å². The van der Waals surface area contributed by atoms with Gasteiger partial charge in [0.25, 0.3) is 0 Å². The van der Waals surface area contributed by atoms with E-state index in [0.29, 0.717) is 6.04 Å². The van der Waals surface area contributed by atoms with Crippen LogP contribution in [0.3, 0.4) is 0 Å². The van der Waals surface area contributed by atoms with E-state index in [1.54, 1.807) is 14.2 Å². The fourth-order valence-corrected chi connectivity index (χ4v) is 1.53. The third-order valence-electron chi connectivity index (χ3n) is 2.61. The molecule has 0 aliphatic carbocycles. The van der Waals surface area contributed by atoms with Gasteiger partial charge in [-0.2, -0.15) is 0 Å². The maximum atomic E-state index is 5.14. The highest BCUT2D eigenvalue weighted by Crippen LogP contribution is 2.11. The first-order valence-corrected chi connectivity index (χ1v) is 5.65. The minimum absolute atomic E-state index is 0.423. The minimum atomic E-state index is 0.423. The van der Waals surface area contributed by atoms with Gasteiger partial charge in [-0.15, -0.1) is 0 Å². The molecule has 16 heavy (non-hydrogen) atoms. The second-order valence-corrected chi connectivity index (χ2v) is 3.79. The summed E-state index contributed by atoms with van der Waals surface area (Å²) in [7, 11) is 3.41. The van der Waals surface area contributed by atoms with Crippen LogP contribution >= 0.6 is 0 Å². The van der Waals surface area contributed by atoms with Crippen LogP contribution in [0.2, 0.25) is 0 Å². The molecule has 1 atom stereocenters. The van der Waals surface area contributed by atoms with Crippen LogP contribution in [0.4, 0.5) is 0 Å². The molecule has 0 saturated heterocycles. The van der Waals surface area contributed by atoms with Crippen molar-refractivity contribution in [1.82, 2.24) is 5.32 Å². The lowest BCUT2D eigenvalue weighted by Crippen LogP contribution is -2.31. The molecule has 0 amide bonds. The molecule has 0 bridgehead atoms. The third kappa shape index (κ3) is 4.21. The molecule has 1 aromatic carbocycles. The molecule has 3 heteroatoms. The van der Waals surface area contributed by atoms with E-state index in [1.807, 2.05) is 12.1 Å². The van der Waals surface area contributed by atoms with E-state index in [2.05, 4.69) is 24.4 Å². The second-order valence-electron chi connectivity index (χ2n) is 3.79. The summed E-state index contributed by atoms with van der Waals surface area (Å²) in [6.45, 7) is 3.78. The molecule has 0 aliphatic rings. The smallest absolute Gasteiger partial charge is 0.118 e. The molecular weight excluding hydrogens is 202 g/mol. The van der Waals surface area contributed by atoms with E-state index >= 15 is 0 Å². The Balaban J connectivity index is 2.40. The Kier molecular flexibility index (Phi) is 5.90. The zero-order valence-corrected chi connectivity index (χ0v) is 10.3. The molecule has 1 aromatic rings. The molecule has 0 aliphatic heterocycles. The lowest BCUT2D eigenvalue weighted by Gasteiger charge is -2.15. The Morgan fingerprint density at radius 3 is 2.38 bits per heavy atom. The average Bonchev–Trinajstić information content (AvgIpc) is 2.35. The average molecular weight is 223 g/mol. The Morgan fingerprint density at radius 2 is 1.88 bits per heavy atom. The number of methoxy groups -OCH3 is 2. The number of rotatable bonds is 7. The van der Waals surface area contributed by atoms with Crippen molar-refractivity contribution >= 4 is 0 Å². The lowest BCUT2D eigenvalue weighted by molar-refractivity contribution is 0.164. The Labute approximate surface area is 97.8 Å². The highest BCUT2D eigenvalue weighted by molar-refractivity contribution is 5.27. The second kappa shape index (κ2) is 7.25. The van der Waals surface area contributed by atoms with Crippen molar-refractivity contribution in [1.29, 1.82) is 0 Å². The molecule has 0 fully saturated rings. The monoisotopic (exact) mass is 223 g/mol. The van der Waals surface area contributed by atoms with E-state index in [0.717, 1.165) is 25.3 Å². The molecule has 1 rings (SSSR count). The molecular formula is C13H21NO2. The van der Waals surface area contributed by atoms with Gasteiger partial charge in [0.1, 0.15) is 5.75 Å². The normalized spacial score (nSPS) is 12.4. The first kappa shape index (κ1) is 13.0. The minimum Gasteiger partial charge on any atom is -0.497 e. The summed E-state index contributed by atoms with van der Waals surface area (Å²) in [5.41, 5.74) is 1.26. The van der Waals surface area contributed by atoms with Crippen molar-refractivity contribution < 1.29 is 9.47 Å². The SMILES string of the molecule is CCC(COC)NCc1ccc(OC)cc1. The number of hydrogen-bond acceptors (Lipinski definition) is 3. The summed E-state index contributed by atoms with van der Waals surface area (Å²) in [4.78, 5) is 0. The zero-order valence-electron chi connectivity index (χ0n) is 10.3. The van der Waals surface area contributed by atoms with Gasteiger partial charge in [-0.1, -0.05) is 19.1 Å². The fourth-order valence-electron chi connectivity index (χ4n) is 1.53. The van der Waals surface area contributed by atoms with Gasteiger partial charge in [-0.05, 0) is 24.1 Å². The standard InChI is InChI=1S/C13H21NO2/c1-4-12(10-15-2)14-9-11-5-7-13(16-3)8-6-11/h5-8,12,14H,4,9-10H2,1-3H3. The highest BCUT2D eigenvalue weighted by Gasteiger charge is 2.04. The van der Waals surface area contributed by atoms with Crippen LogP contribution in [0.15, 0.2) is 24.3 Å². The molecule has 1 N–H and O–H groups in total. The molecule has 0 aromatic heterocycles. The topological polar surface area (TPSA) is 30.5 Å². The Morgan fingerprint density at radius 1 is 1.19 bits per heavy atom. The predicted octanol–water partition coefficient (Wildman–Crippen LogP) is 2.21. The largest absolute Gasteiger partial charge is 0.497 e. The van der Waals surface area contributed by atoms with Gasteiger partial charge in [-0.25, -0.2) is 0 Å². The summed E-state index contributed by atoms with van der Waals surface area (Å²) in [5, 5.41) is 3.46. The van der Waals surface area contributed by atoms with Gasteiger partial charge in [0.2, 0.25) is 0 Å². The van der Waals surface area contributed by atoms with Crippen molar-refractivity contribution in [3.8, 4) is 5.75 Å². The van der Waals surface area contributed by atoms with E-state index in [9.17, 15) is 0 Å². The highest BCUT2D eigenvalue weighted by atomic mass is 16.5. The quantitative estimate of drug-likeness (QED) is 0.768. The number of nitrogens with one attached hydrogen (secondary N) is 1. The fraction of sp³-hybridized carbons (Fsp3) is 0.538. The van der Waals surface area contributed by atoms with Crippen molar-refractivity contribution in [2.45, 2.75) is 25.9 Å². The summed E-state index contributed by atoms with van der Waals surface area (Å²) in [5.74, 6) is 0.896. The molecule has 0 radical (unpaired) electrons. The molecule has 3 nitrogen and oxygen atoms in total. The van der Waals surface area contributed by atoms with E-state index in [1.165, 1.54) is 5.56 Å².